The van der Waals surface area contributed by atoms with Crippen molar-refractivity contribution in [2.45, 2.75) is 162 Å². The summed E-state index contributed by atoms with van der Waals surface area (Å²) >= 11 is 0. The van der Waals surface area contributed by atoms with Gasteiger partial charge in [-0.15, -0.1) is 0 Å². The van der Waals surface area contributed by atoms with E-state index in [1.807, 2.05) is 6.92 Å². The van der Waals surface area contributed by atoms with Crippen LogP contribution >= 0.6 is 0 Å². The second-order valence-electron chi connectivity index (χ2n) is 17.4. The van der Waals surface area contributed by atoms with Gasteiger partial charge in [-0.3, -0.25) is 0 Å². The molecule has 0 bridgehead atoms. The Bertz CT molecular complexity index is 1080. The molecular formula is C39H67NO7. The van der Waals surface area contributed by atoms with Gasteiger partial charge in [-0.05, 0) is 111 Å². The fraction of sp³-hybridized carbons (Fsp3) is 0.923. The zero-order chi connectivity index (χ0) is 34.1. The SMILES string of the molecule is CC(C)CCCC(C)C1CCC2C3CC=C4CC(OC(=O)NCCC(C)COC5OC(C)[C@H](O)C(O)C5O)CC[C@]4(C)C3CC[C@]12C. The maximum Gasteiger partial charge on any atom is 0.407 e. The van der Waals surface area contributed by atoms with Crippen LogP contribution in [0.3, 0.4) is 0 Å². The number of amides is 1. The average molecular weight is 662 g/mol. The predicted octanol–water partition coefficient (Wildman–Crippen LogP) is 6.99. The number of allylic oxidation sites excluding steroid dienone is 1. The van der Waals surface area contributed by atoms with Crippen molar-refractivity contribution in [3.63, 3.8) is 0 Å². The van der Waals surface area contributed by atoms with E-state index in [1.165, 1.54) is 56.9 Å². The van der Waals surface area contributed by atoms with Crippen molar-refractivity contribution < 1.29 is 34.3 Å². The number of hydrogen-bond acceptors (Lipinski definition) is 7. The molecule has 0 aromatic heterocycles. The third kappa shape index (κ3) is 7.92. The van der Waals surface area contributed by atoms with Crippen LogP contribution in [0.5, 0.6) is 0 Å². The summed E-state index contributed by atoms with van der Waals surface area (Å²) in [5, 5.41) is 32.9. The summed E-state index contributed by atoms with van der Waals surface area (Å²) in [6, 6.07) is 0. The van der Waals surface area contributed by atoms with Gasteiger partial charge in [-0.1, -0.05) is 72.5 Å². The topological polar surface area (TPSA) is 117 Å². The maximum atomic E-state index is 12.8. The molecule has 4 fully saturated rings. The molecule has 3 saturated carbocycles. The van der Waals surface area contributed by atoms with Crippen molar-refractivity contribution in [1.29, 1.82) is 0 Å². The fourth-order valence-electron chi connectivity index (χ4n) is 10.9. The second kappa shape index (κ2) is 15.4. The lowest BCUT2D eigenvalue weighted by molar-refractivity contribution is -0.295. The van der Waals surface area contributed by atoms with Crippen LogP contribution in [0.1, 0.15) is 126 Å². The van der Waals surface area contributed by atoms with E-state index in [2.05, 4.69) is 46.0 Å². The Morgan fingerprint density at radius 1 is 0.979 bits per heavy atom. The quantitative estimate of drug-likeness (QED) is 0.167. The van der Waals surface area contributed by atoms with Crippen LogP contribution in [-0.2, 0) is 14.2 Å². The van der Waals surface area contributed by atoms with Gasteiger partial charge >= 0.3 is 6.09 Å². The molecule has 0 radical (unpaired) electrons. The first-order chi connectivity index (χ1) is 22.2. The first kappa shape index (κ1) is 37.1. The lowest BCUT2D eigenvalue weighted by Gasteiger charge is -2.58. The molecule has 14 atom stereocenters. The van der Waals surface area contributed by atoms with Crippen molar-refractivity contribution >= 4 is 6.09 Å². The lowest BCUT2D eigenvalue weighted by Crippen LogP contribution is -2.57. The highest BCUT2D eigenvalue weighted by molar-refractivity contribution is 5.67. The Labute approximate surface area is 284 Å². The molecule has 4 aliphatic carbocycles. The number of carbonyl (C=O) groups excluding carboxylic acids is 1. The van der Waals surface area contributed by atoms with Crippen molar-refractivity contribution in [2.24, 2.45) is 52.3 Å². The van der Waals surface area contributed by atoms with Crippen LogP contribution in [0.25, 0.3) is 0 Å². The number of fused-ring (bicyclic) bond motifs is 5. The van der Waals surface area contributed by atoms with Gasteiger partial charge in [0.15, 0.2) is 6.29 Å². The molecule has 1 amide bonds. The highest BCUT2D eigenvalue weighted by Crippen LogP contribution is 2.67. The predicted molar refractivity (Wildman–Crippen MR) is 183 cm³/mol. The van der Waals surface area contributed by atoms with Gasteiger partial charge in [-0.25, -0.2) is 4.79 Å². The van der Waals surface area contributed by atoms with Gasteiger partial charge < -0.3 is 34.8 Å². The molecule has 4 N–H and O–H groups in total. The van der Waals surface area contributed by atoms with E-state index in [-0.39, 0.29) is 23.5 Å². The molecule has 8 nitrogen and oxygen atoms in total. The summed E-state index contributed by atoms with van der Waals surface area (Å²) in [6.45, 7) is 16.8. The first-order valence-corrected chi connectivity index (χ1v) is 19.2. The van der Waals surface area contributed by atoms with Gasteiger partial charge in [0.05, 0.1) is 12.7 Å². The van der Waals surface area contributed by atoms with E-state index in [4.69, 9.17) is 14.2 Å². The van der Waals surface area contributed by atoms with Crippen molar-refractivity contribution in [1.82, 2.24) is 5.32 Å². The fourth-order valence-corrected chi connectivity index (χ4v) is 10.9. The monoisotopic (exact) mass is 661 g/mol. The van der Waals surface area contributed by atoms with Crippen LogP contribution < -0.4 is 5.32 Å². The van der Waals surface area contributed by atoms with Crippen molar-refractivity contribution in [3.05, 3.63) is 11.6 Å². The number of aliphatic hydroxyl groups excluding tert-OH is 3. The minimum Gasteiger partial charge on any atom is -0.446 e. The molecule has 47 heavy (non-hydrogen) atoms. The standard InChI is InChI=1S/C39H67NO7/c1-23(2)9-8-10-25(4)30-13-14-31-29-12-11-27-21-28(15-18-38(27,6)32(29)16-19-39(30,31)7)47-37(44)40-20-17-24(3)22-45-36-35(43)34(42)33(41)26(5)46-36/h11,23-26,28-36,41-43H,8-10,12-22H2,1-7H3,(H,40,44)/t24?,25?,26?,28?,29?,30?,31?,32?,33-,34?,35?,36?,38-,39+/m0/s1. The lowest BCUT2D eigenvalue weighted by atomic mass is 9.47. The molecular weight excluding hydrogens is 594 g/mol. The number of alkyl carbamates (subject to hydrolysis) is 1. The highest BCUT2D eigenvalue weighted by Gasteiger charge is 2.59. The molecule has 0 aromatic rings. The molecule has 8 heteroatoms. The molecule has 1 saturated heterocycles. The van der Waals surface area contributed by atoms with Crippen molar-refractivity contribution in [2.75, 3.05) is 13.2 Å². The minimum atomic E-state index is -1.31. The van der Waals surface area contributed by atoms with Crippen LogP contribution in [0, 0.1) is 52.3 Å². The average Bonchev–Trinajstić information content (AvgIpc) is 3.38. The van der Waals surface area contributed by atoms with E-state index < -0.39 is 30.7 Å². The zero-order valence-corrected chi connectivity index (χ0v) is 30.5. The van der Waals surface area contributed by atoms with E-state index in [9.17, 15) is 20.1 Å². The number of rotatable bonds is 12. The zero-order valence-electron chi connectivity index (χ0n) is 30.5. The van der Waals surface area contributed by atoms with Crippen molar-refractivity contribution in [3.8, 4) is 0 Å². The number of hydrogen-bond donors (Lipinski definition) is 4. The van der Waals surface area contributed by atoms with Gasteiger partial charge in [-0.2, -0.15) is 0 Å². The Morgan fingerprint density at radius 2 is 1.74 bits per heavy atom. The molecule has 1 heterocycles. The molecule has 0 aromatic carbocycles. The van der Waals surface area contributed by atoms with Crippen LogP contribution in [-0.4, -0.2) is 71.4 Å². The summed E-state index contributed by atoms with van der Waals surface area (Å²) < 4.78 is 17.2. The number of nitrogens with one attached hydrogen (secondary N) is 1. The summed E-state index contributed by atoms with van der Waals surface area (Å²) in [6.07, 6.45) is 11.2. The van der Waals surface area contributed by atoms with E-state index >= 15 is 0 Å². The Morgan fingerprint density at radius 3 is 2.49 bits per heavy atom. The molecule has 0 spiro atoms. The molecule has 5 rings (SSSR count). The summed E-state index contributed by atoms with van der Waals surface area (Å²) in [7, 11) is 0. The molecule has 1 aliphatic heterocycles. The minimum absolute atomic E-state index is 0.0725. The third-order valence-electron chi connectivity index (χ3n) is 13.8. The largest absolute Gasteiger partial charge is 0.446 e. The number of ether oxygens (including phenoxy) is 3. The summed E-state index contributed by atoms with van der Waals surface area (Å²) in [5.74, 6) is 5.01. The van der Waals surface area contributed by atoms with Gasteiger partial charge in [0.2, 0.25) is 0 Å². The third-order valence-corrected chi connectivity index (χ3v) is 13.8. The molecule has 5 aliphatic rings. The van der Waals surface area contributed by atoms with Crippen LogP contribution in [0.4, 0.5) is 4.79 Å². The number of aliphatic hydroxyl groups is 3. The summed E-state index contributed by atoms with van der Waals surface area (Å²) in [4.78, 5) is 12.8. The number of carbonyl (C=O) groups is 1. The smallest absolute Gasteiger partial charge is 0.407 e. The molecule has 270 valence electrons. The highest BCUT2D eigenvalue weighted by atomic mass is 16.7. The van der Waals surface area contributed by atoms with E-state index in [0.717, 1.165) is 54.8 Å². The Hall–Kier alpha value is -1.19. The van der Waals surface area contributed by atoms with Gasteiger partial charge in [0.25, 0.3) is 0 Å². The second-order valence-corrected chi connectivity index (χ2v) is 17.4. The normalized spacial score (nSPS) is 42.9. The maximum absolute atomic E-state index is 12.8. The van der Waals surface area contributed by atoms with Gasteiger partial charge in [0, 0.05) is 13.0 Å². The van der Waals surface area contributed by atoms with E-state index in [1.54, 1.807) is 6.92 Å². The van der Waals surface area contributed by atoms with Gasteiger partial charge in [0.1, 0.15) is 24.4 Å². The summed E-state index contributed by atoms with van der Waals surface area (Å²) in [5.41, 5.74) is 2.27. The Balaban J connectivity index is 1.06. The van der Waals surface area contributed by atoms with Crippen LogP contribution in [0.15, 0.2) is 11.6 Å². The van der Waals surface area contributed by atoms with Crippen LogP contribution in [0.2, 0.25) is 0 Å². The Kier molecular flexibility index (Phi) is 12.1. The van der Waals surface area contributed by atoms with E-state index in [0.29, 0.717) is 25.0 Å². The first-order valence-electron chi connectivity index (χ1n) is 19.2. The molecule has 11 unspecified atom stereocenters.